The van der Waals surface area contributed by atoms with Crippen LogP contribution in [-0.2, 0) is 25.7 Å². The van der Waals surface area contributed by atoms with Gasteiger partial charge in [-0.15, -0.1) is 11.8 Å². The van der Waals surface area contributed by atoms with Gasteiger partial charge in [0.25, 0.3) is 0 Å². The van der Waals surface area contributed by atoms with Crippen molar-refractivity contribution in [3.63, 3.8) is 0 Å². The topological polar surface area (TPSA) is 154 Å². The van der Waals surface area contributed by atoms with E-state index < -0.39 is 18.2 Å². The van der Waals surface area contributed by atoms with Crippen LogP contribution in [0.5, 0.6) is 0 Å². The summed E-state index contributed by atoms with van der Waals surface area (Å²) in [5.41, 5.74) is 5.01. The summed E-state index contributed by atoms with van der Waals surface area (Å²) in [6, 6.07) is 21.7. The number of aliphatic hydroxyl groups excluding tert-OH is 1. The zero-order valence-corrected chi connectivity index (χ0v) is 24.4. The lowest BCUT2D eigenvalue weighted by molar-refractivity contribution is -0.245. The summed E-state index contributed by atoms with van der Waals surface area (Å²) in [7, 11) is 0. The van der Waals surface area contributed by atoms with Crippen molar-refractivity contribution in [3.8, 4) is 0 Å². The number of hydroxylamine groups is 1. The van der Waals surface area contributed by atoms with Gasteiger partial charge in [-0.2, -0.15) is 0 Å². The lowest BCUT2D eigenvalue weighted by atomic mass is 10.0. The fourth-order valence-corrected chi connectivity index (χ4v) is 5.79. The number of anilines is 1. The first kappa shape index (κ1) is 32.2. The monoisotopic (exact) mass is 608 g/mol. The Bertz CT molecular complexity index is 1370. The minimum absolute atomic E-state index is 0.0496. The lowest BCUT2D eigenvalue weighted by Gasteiger charge is -2.36. The standard InChI is InChI=1S/C32H36N2O8S/c35-19-21-10-12-22(13-11-21)27-18-25(20-43-28-7-5-4-6-26(28)31(38)39)41-32(42-27)23-14-16-24(17-15-23)33-29(36)8-2-1-3-9-30(37)34-40/h4-7,10-17,25,27,32,35,40H,1-3,8-9,18-20H2,(H,33,36)(H,34,37)(H,38,39)/t25-,27+,32+/m0/s1. The van der Waals surface area contributed by atoms with Gasteiger partial charge in [-0.1, -0.05) is 55.0 Å². The van der Waals surface area contributed by atoms with Crippen molar-refractivity contribution in [1.82, 2.24) is 5.48 Å². The van der Waals surface area contributed by atoms with Crippen molar-refractivity contribution >= 4 is 35.2 Å². The third-order valence-electron chi connectivity index (χ3n) is 7.06. The molecule has 1 aliphatic heterocycles. The molecule has 0 aliphatic carbocycles. The molecule has 1 saturated heterocycles. The van der Waals surface area contributed by atoms with Crippen LogP contribution < -0.4 is 10.8 Å². The second kappa shape index (κ2) is 16.2. The minimum Gasteiger partial charge on any atom is -0.478 e. The van der Waals surface area contributed by atoms with Crippen molar-refractivity contribution in [2.75, 3.05) is 11.1 Å². The number of aromatic carboxylic acids is 1. The number of carboxylic acid groups (broad SMARTS) is 1. The SMILES string of the molecule is O=C(CCCCCC(=O)Nc1ccc([C@@H]2O[C@H](CSc3ccccc3C(=O)O)C[C@H](c3ccc(CO)cc3)O2)cc1)NO. The van der Waals surface area contributed by atoms with Gasteiger partial charge in [0, 0.05) is 41.2 Å². The first-order chi connectivity index (χ1) is 20.9. The average molecular weight is 609 g/mol. The molecule has 0 bridgehead atoms. The Morgan fingerprint density at radius 2 is 1.51 bits per heavy atom. The van der Waals surface area contributed by atoms with E-state index in [0.29, 0.717) is 48.4 Å². The molecule has 0 aromatic heterocycles. The number of unbranched alkanes of at least 4 members (excludes halogenated alkanes) is 2. The molecule has 10 nitrogen and oxygen atoms in total. The Morgan fingerprint density at radius 3 is 2.19 bits per heavy atom. The molecule has 3 aromatic carbocycles. The van der Waals surface area contributed by atoms with Crippen molar-refractivity contribution in [2.24, 2.45) is 0 Å². The van der Waals surface area contributed by atoms with E-state index in [-0.39, 0.29) is 36.7 Å². The van der Waals surface area contributed by atoms with E-state index in [2.05, 4.69) is 5.32 Å². The van der Waals surface area contributed by atoms with Gasteiger partial charge in [-0.25, -0.2) is 10.3 Å². The molecule has 0 saturated carbocycles. The van der Waals surface area contributed by atoms with Crippen molar-refractivity contribution in [3.05, 3.63) is 95.1 Å². The van der Waals surface area contributed by atoms with Gasteiger partial charge in [0.1, 0.15) is 0 Å². The molecule has 228 valence electrons. The van der Waals surface area contributed by atoms with Gasteiger partial charge in [-0.3, -0.25) is 14.8 Å². The quantitative estimate of drug-likeness (QED) is 0.0680. The van der Waals surface area contributed by atoms with Crippen molar-refractivity contribution in [1.29, 1.82) is 0 Å². The highest BCUT2D eigenvalue weighted by atomic mass is 32.2. The normalized spacial score (nSPS) is 18.1. The lowest BCUT2D eigenvalue weighted by Crippen LogP contribution is -2.31. The molecule has 1 fully saturated rings. The molecular formula is C32H36N2O8S. The van der Waals surface area contributed by atoms with Crippen LogP contribution in [-0.4, -0.2) is 45.1 Å². The number of rotatable bonds is 14. The summed E-state index contributed by atoms with van der Waals surface area (Å²) in [6.45, 7) is -0.0496. The van der Waals surface area contributed by atoms with E-state index in [9.17, 15) is 24.6 Å². The van der Waals surface area contributed by atoms with E-state index in [0.717, 1.165) is 16.7 Å². The summed E-state index contributed by atoms with van der Waals surface area (Å²) >= 11 is 1.43. The molecule has 3 atom stereocenters. The van der Waals surface area contributed by atoms with Crippen molar-refractivity contribution in [2.45, 2.75) is 68.5 Å². The Morgan fingerprint density at radius 1 is 0.837 bits per heavy atom. The fraction of sp³-hybridized carbons (Fsp3) is 0.344. The van der Waals surface area contributed by atoms with Crippen LogP contribution in [0.25, 0.3) is 0 Å². The number of ether oxygens (including phenoxy) is 2. The van der Waals surface area contributed by atoms with Crippen LogP contribution in [0, 0.1) is 0 Å². The number of hydrogen-bond donors (Lipinski definition) is 5. The van der Waals surface area contributed by atoms with Gasteiger partial charge in [0.2, 0.25) is 11.8 Å². The molecule has 43 heavy (non-hydrogen) atoms. The highest BCUT2D eigenvalue weighted by Gasteiger charge is 2.32. The first-order valence-corrected chi connectivity index (χ1v) is 15.1. The Kier molecular flexibility index (Phi) is 12.1. The Balaban J connectivity index is 1.40. The molecule has 0 radical (unpaired) electrons. The number of nitrogens with one attached hydrogen (secondary N) is 2. The zero-order chi connectivity index (χ0) is 30.6. The van der Waals surface area contributed by atoms with Gasteiger partial charge >= 0.3 is 5.97 Å². The van der Waals surface area contributed by atoms with Gasteiger partial charge in [-0.05, 0) is 48.2 Å². The van der Waals surface area contributed by atoms with Crippen LogP contribution in [0.15, 0.2) is 77.7 Å². The van der Waals surface area contributed by atoms with Crippen LogP contribution >= 0.6 is 11.8 Å². The highest BCUT2D eigenvalue weighted by Crippen LogP contribution is 2.40. The summed E-state index contributed by atoms with van der Waals surface area (Å²) in [6.07, 6.45) is 1.81. The predicted octanol–water partition coefficient (Wildman–Crippen LogP) is 5.61. The zero-order valence-electron chi connectivity index (χ0n) is 23.6. The summed E-state index contributed by atoms with van der Waals surface area (Å²) in [4.78, 5) is 35.8. The largest absolute Gasteiger partial charge is 0.478 e. The van der Waals surface area contributed by atoms with Gasteiger partial charge in [0.05, 0.1) is 24.4 Å². The second-order valence-electron chi connectivity index (χ2n) is 10.2. The number of amides is 2. The van der Waals surface area contributed by atoms with E-state index >= 15 is 0 Å². The molecule has 0 unspecified atom stereocenters. The van der Waals surface area contributed by atoms with Crippen LogP contribution in [0.4, 0.5) is 5.69 Å². The fourth-order valence-electron chi connectivity index (χ4n) is 4.73. The molecule has 1 aliphatic rings. The van der Waals surface area contributed by atoms with Crippen LogP contribution in [0.2, 0.25) is 0 Å². The number of carbonyl (C=O) groups is 3. The van der Waals surface area contributed by atoms with Gasteiger partial charge < -0.3 is 25.0 Å². The van der Waals surface area contributed by atoms with Gasteiger partial charge in [0.15, 0.2) is 6.29 Å². The second-order valence-corrected chi connectivity index (χ2v) is 11.3. The molecule has 3 aromatic rings. The number of carbonyl (C=O) groups excluding carboxylic acids is 2. The molecule has 11 heteroatoms. The van der Waals surface area contributed by atoms with E-state index in [1.54, 1.807) is 35.8 Å². The van der Waals surface area contributed by atoms with Crippen LogP contribution in [0.3, 0.4) is 0 Å². The van der Waals surface area contributed by atoms with E-state index in [4.69, 9.17) is 14.7 Å². The Labute approximate surface area is 254 Å². The summed E-state index contributed by atoms with van der Waals surface area (Å²) in [5.74, 6) is -1.02. The summed E-state index contributed by atoms with van der Waals surface area (Å²) in [5, 5.41) is 30.4. The molecule has 2 amide bonds. The highest BCUT2D eigenvalue weighted by molar-refractivity contribution is 7.99. The number of hydrogen-bond acceptors (Lipinski definition) is 8. The minimum atomic E-state index is -0.977. The summed E-state index contributed by atoms with van der Waals surface area (Å²) < 4.78 is 12.7. The first-order valence-electron chi connectivity index (χ1n) is 14.1. The van der Waals surface area contributed by atoms with Crippen LogP contribution in [0.1, 0.15) is 78.0 Å². The smallest absolute Gasteiger partial charge is 0.336 e. The molecule has 4 rings (SSSR count). The number of thioether (sulfide) groups is 1. The number of carboxylic acids is 1. The maximum absolute atomic E-state index is 12.4. The maximum atomic E-state index is 12.4. The molecule has 1 heterocycles. The molecule has 5 N–H and O–H groups in total. The van der Waals surface area contributed by atoms with Crippen molar-refractivity contribution < 1.29 is 39.3 Å². The van der Waals surface area contributed by atoms with E-state index in [1.807, 2.05) is 42.5 Å². The average Bonchev–Trinajstić information content (AvgIpc) is 3.03. The predicted molar refractivity (Wildman–Crippen MR) is 161 cm³/mol. The Hall–Kier alpha value is -3.74. The molecular weight excluding hydrogens is 572 g/mol. The third-order valence-corrected chi connectivity index (χ3v) is 8.26. The third kappa shape index (κ3) is 9.63. The number of benzene rings is 3. The maximum Gasteiger partial charge on any atom is 0.336 e. The molecule has 0 spiro atoms. The van der Waals surface area contributed by atoms with E-state index in [1.165, 1.54) is 11.8 Å². The number of aliphatic hydroxyl groups is 1.